The highest BCUT2D eigenvalue weighted by Gasteiger charge is 2.36. The number of nitrogens with one attached hydrogen (secondary N) is 1. The first kappa shape index (κ1) is 23.7. The Hall–Kier alpha value is -3.60. The molecule has 1 N–H and O–H groups in total. The molecule has 1 unspecified atom stereocenters. The van der Waals surface area contributed by atoms with E-state index in [0.717, 1.165) is 7.11 Å². The summed E-state index contributed by atoms with van der Waals surface area (Å²) in [7, 11) is 4.81. The number of rotatable bonds is 7. The number of carbonyl (C=O) groups excluding carboxylic acids is 2. The normalized spacial score (nSPS) is 16.0. The summed E-state index contributed by atoms with van der Waals surface area (Å²) in [6.45, 7) is 3.91. The molecule has 0 radical (unpaired) electrons. The van der Waals surface area contributed by atoms with Gasteiger partial charge in [0.15, 0.2) is 0 Å². The van der Waals surface area contributed by atoms with Gasteiger partial charge in [0.1, 0.15) is 24.0 Å². The highest BCUT2D eigenvalue weighted by molar-refractivity contribution is 5.65. The number of dihydropyridines is 1. The molecule has 0 spiro atoms. The number of likely N-dealkylation sites (N-methyl/N-ethyl adjacent to an activating group) is 1. The van der Waals surface area contributed by atoms with E-state index in [1.54, 1.807) is 19.9 Å². The number of nitro benzene ring substituents is 1. The van der Waals surface area contributed by atoms with Gasteiger partial charge in [0.05, 0.1) is 23.4 Å². The lowest BCUT2D eigenvalue weighted by Crippen LogP contribution is -2.29. The Labute approximate surface area is 179 Å². The summed E-state index contributed by atoms with van der Waals surface area (Å²) in [6, 6.07) is 5.74. The maximum atomic E-state index is 12.3. The number of nitro groups is 1. The van der Waals surface area contributed by atoms with E-state index in [0.29, 0.717) is 23.5 Å². The van der Waals surface area contributed by atoms with Crippen molar-refractivity contribution in [1.29, 1.82) is 0 Å². The summed E-state index contributed by atoms with van der Waals surface area (Å²) >= 11 is 0. The molecular weight excluding hydrogens is 410 g/mol. The van der Waals surface area contributed by atoms with E-state index < -0.39 is 23.2 Å². The number of nitrogens with zero attached hydrogens (tertiary/aromatic N) is 2. The maximum absolute atomic E-state index is 12.3. The second kappa shape index (κ2) is 10.4. The number of carbonyl (C=O) groups is 2. The zero-order valence-corrected chi connectivity index (χ0v) is 18.0. The molecule has 1 aromatic rings. The highest BCUT2D eigenvalue weighted by atomic mass is 16.7. The van der Waals surface area contributed by atoms with Crippen LogP contribution in [0.25, 0.3) is 0 Å². The summed E-state index contributed by atoms with van der Waals surface area (Å²) in [5, 5.41) is 14.2. The average molecular weight is 435 g/mol. The fraction of sp³-hybridized carbons (Fsp3) is 0.400. The molecule has 0 saturated heterocycles. The SMILES string of the molecule is COC(=O)OC1=C(C)NC(C)=C(OC(=O)OCCN(C)C)C1c1cccc([N+](=O)[O-])c1. The zero-order chi connectivity index (χ0) is 23.1. The molecule has 0 aromatic heterocycles. The standard InChI is InChI=1S/C20H25N3O8/c1-12-17(30-19(24)28-5)16(14-7-6-8-15(11-14)23(26)27)18(13(2)21-12)31-20(25)29-10-9-22(3)4/h6-8,11,16,21H,9-10H2,1-5H3. The maximum Gasteiger partial charge on any atom is 0.513 e. The smallest absolute Gasteiger partial charge is 0.437 e. The molecule has 0 saturated carbocycles. The van der Waals surface area contributed by atoms with Crippen molar-refractivity contribution >= 4 is 18.0 Å². The van der Waals surface area contributed by atoms with Crippen LogP contribution in [-0.2, 0) is 18.9 Å². The van der Waals surface area contributed by atoms with E-state index in [-0.39, 0.29) is 23.8 Å². The van der Waals surface area contributed by atoms with Gasteiger partial charge < -0.3 is 29.2 Å². The zero-order valence-electron chi connectivity index (χ0n) is 18.0. The largest absolute Gasteiger partial charge is 0.513 e. The van der Waals surface area contributed by atoms with Crippen LogP contribution in [0.15, 0.2) is 47.2 Å². The number of benzene rings is 1. The second-order valence-electron chi connectivity index (χ2n) is 6.95. The van der Waals surface area contributed by atoms with Crippen LogP contribution in [-0.4, -0.2) is 56.5 Å². The third-order valence-corrected chi connectivity index (χ3v) is 4.36. The topological polar surface area (TPSA) is 129 Å². The Morgan fingerprint density at radius 1 is 1.13 bits per heavy atom. The van der Waals surface area contributed by atoms with Crippen LogP contribution in [0.2, 0.25) is 0 Å². The molecule has 0 aliphatic carbocycles. The number of hydrogen-bond acceptors (Lipinski definition) is 10. The Morgan fingerprint density at radius 3 is 2.29 bits per heavy atom. The Morgan fingerprint density at radius 2 is 1.74 bits per heavy atom. The summed E-state index contributed by atoms with van der Waals surface area (Å²) in [5.74, 6) is -0.768. The van der Waals surface area contributed by atoms with E-state index in [1.165, 1.54) is 18.2 Å². The van der Waals surface area contributed by atoms with Gasteiger partial charge in [0, 0.05) is 18.7 Å². The minimum atomic E-state index is -0.987. The lowest BCUT2D eigenvalue weighted by Gasteiger charge is -2.30. The second-order valence-corrected chi connectivity index (χ2v) is 6.95. The molecule has 0 amide bonds. The van der Waals surface area contributed by atoms with Crippen molar-refractivity contribution < 1.29 is 33.5 Å². The molecule has 11 nitrogen and oxygen atoms in total. The van der Waals surface area contributed by atoms with E-state index in [1.807, 2.05) is 19.0 Å². The predicted molar refractivity (Wildman–Crippen MR) is 109 cm³/mol. The molecule has 0 fully saturated rings. The van der Waals surface area contributed by atoms with Gasteiger partial charge in [-0.1, -0.05) is 12.1 Å². The van der Waals surface area contributed by atoms with Crippen LogP contribution in [0, 0.1) is 10.1 Å². The van der Waals surface area contributed by atoms with Crippen LogP contribution in [0.4, 0.5) is 15.3 Å². The van der Waals surface area contributed by atoms with Crippen molar-refractivity contribution in [2.45, 2.75) is 19.8 Å². The van der Waals surface area contributed by atoms with E-state index in [2.05, 4.69) is 10.1 Å². The van der Waals surface area contributed by atoms with Crippen LogP contribution in [0.5, 0.6) is 0 Å². The molecule has 1 aromatic carbocycles. The summed E-state index contributed by atoms with van der Waals surface area (Å²) in [4.78, 5) is 36.6. The lowest BCUT2D eigenvalue weighted by molar-refractivity contribution is -0.384. The first-order valence-corrected chi connectivity index (χ1v) is 9.32. The van der Waals surface area contributed by atoms with Gasteiger partial charge in [-0.15, -0.1) is 0 Å². The molecule has 168 valence electrons. The average Bonchev–Trinajstić information content (AvgIpc) is 2.71. The highest BCUT2D eigenvalue weighted by Crippen LogP contribution is 2.40. The van der Waals surface area contributed by atoms with E-state index >= 15 is 0 Å². The van der Waals surface area contributed by atoms with Crippen LogP contribution >= 0.6 is 0 Å². The number of hydrogen-bond donors (Lipinski definition) is 1. The first-order chi connectivity index (χ1) is 14.6. The summed E-state index contributed by atoms with van der Waals surface area (Å²) in [6.07, 6.45) is -1.94. The van der Waals surface area contributed by atoms with E-state index in [4.69, 9.17) is 14.2 Å². The Bertz CT molecular complexity index is 923. The molecular formula is C20H25N3O8. The molecule has 1 aliphatic heterocycles. The van der Waals surface area contributed by atoms with Crippen LogP contribution in [0.3, 0.4) is 0 Å². The molecule has 1 atom stereocenters. The fourth-order valence-electron chi connectivity index (χ4n) is 2.91. The third kappa shape index (κ3) is 6.19. The van der Waals surface area contributed by atoms with Gasteiger partial charge in [-0.2, -0.15) is 0 Å². The number of ether oxygens (including phenoxy) is 4. The fourth-order valence-corrected chi connectivity index (χ4v) is 2.91. The molecule has 0 bridgehead atoms. The van der Waals surface area contributed by atoms with Gasteiger partial charge in [-0.25, -0.2) is 9.59 Å². The van der Waals surface area contributed by atoms with Crippen LogP contribution < -0.4 is 5.32 Å². The molecule has 1 heterocycles. The molecule has 2 rings (SSSR count). The molecule has 11 heteroatoms. The number of methoxy groups -OCH3 is 1. The summed E-state index contributed by atoms with van der Waals surface area (Å²) < 4.78 is 20.4. The van der Waals surface area contributed by atoms with Gasteiger partial charge in [0.25, 0.3) is 5.69 Å². The van der Waals surface area contributed by atoms with Crippen molar-refractivity contribution in [3.63, 3.8) is 0 Å². The van der Waals surface area contributed by atoms with Gasteiger partial charge >= 0.3 is 12.3 Å². The van der Waals surface area contributed by atoms with Gasteiger partial charge in [-0.3, -0.25) is 10.1 Å². The first-order valence-electron chi connectivity index (χ1n) is 9.32. The van der Waals surface area contributed by atoms with Crippen molar-refractivity contribution in [3.05, 3.63) is 62.9 Å². The Balaban J connectivity index is 2.44. The third-order valence-electron chi connectivity index (χ3n) is 4.36. The Kier molecular flexibility index (Phi) is 7.97. The number of non-ortho nitro benzene ring substituents is 1. The quantitative estimate of drug-likeness (QED) is 0.387. The molecule has 31 heavy (non-hydrogen) atoms. The van der Waals surface area contributed by atoms with Gasteiger partial charge in [0.2, 0.25) is 0 Å². The van der Waals surface area contributed by atoms with Crippen molar-refractivity contribution in [3.8, 4) is 0 Å². The molecule has 1 aliphatic rings. The van der Waals surface area contributed by atoms with Crippen molar-refractivity contribution in [2.24, 2.45) is 0 Å². The lowest BCUT2D eigenvalue weighted by atomic mass is 9.90. The minimum Gasteiger partial charge on any atom is -0.437 e. The predicted octanol–water partition coefficient (Wildman–Crippen LogP) is 3.24. The number of allylic oxidation sites excluding steroid dienone is 2. The van der Waals surface area contributed by atoms with Crippen molar-refractivity contribution in [2.75, 3.05) is 34.4 Å². The van der Waals surface area contributed by atoms with Gasteiger partial charge in [-0.05, 0) is 33.5 Å². The summed E-state index contributed by atoms with van der Waals surface area (Å²) in [5.41, 5.74) is 1.12. The van der Waals surface area contributed by atoms with E-state index in [9.17, 15) is 19.7 Å². The van der Waals surface area contributed by atoms with Crippen LogP contribution in [0.1, 0.15) is 25.3 Å². The van der Waals surface area contributed by atoms with Crippen molar-refractivity contribution in [1.82, 2.24) is 10.2 Å². The monoisotopic (exact) mass is 435 g/mol. The minimum absolute atomic E-state index is 0.0778.